The zero-order valence-corrected chi connectivity index (χ0v) is 13.0. The zero-order valence-electron chi connectivity index (χ0n) is 13.0. The number of H-pyrrole nitrogens is 1. The summed E-state index contributed by atoms with van der Waals surface area (Å²) in [5.41, 5.74) is 3.31. The average molecular weight is 301 g/mol. The minimum Gasteiger partial charge on any atom is -0.497 e. The van der Waals surface area contributed by atoms with Crippen LogP contribution in [-0.4, -0.2) is 37.1 Å². The molecule has 0 radical (unpaired) electrons. The number of nitrogens with one attached hydrogen (secondary N) is 2. The normalized spacial score (nSPS) is 18.3. The Morgan fingerprint density at radius 3 is 3.23 bits per heavy atom. The molecule has 0 aliphatic carbocycles. The van der Waals surface area contributed by atoms with Crippen LogP contribution in [0.4, 0.5) is 0 Å². The Kier molecular flexibility index (Phi) is 5.08. The van der Waals surface area contributed by atoms with Gasteiger partial charge in [0.05, 0.1) is 25.6 Å². The molecule has 1 aromatic heterocycles. The van der Waals surface area contributed by atoms with Gasteiger partial charge in [0, 0.05) is 30.8 Å². The molecule has 1 aliphatic rings. The number of aromatic amines is 1. The molecule has 0 bridgehead atoms. The topological polar surface area (TPSA) is 59.2 Å². The molecule has 5 heteroatoms. The van der Waals surface area contributed by atoms with Crippen LogP contribution < -0.4 is 10.1 Å². The Balaban J connectivity index is 1.61. The van der Waals surface area contributed by atoms with Gasteiger partial charge in [0.1, 0.15) is 5.75 Å². The molecular formula is C17H23N3O2. The second-order valence-corrected chi connectivity index (χ2v) is 5.72. The average Bonchev–Trinajstić information content (AvgIpc) is 3.04. The summed E-state index contributed by atoms with van der Waals surface area (Å²) in [6.45, 7) is 3.58. The predicted octanol–water partition coefficient (Wildman–Crippen LogP) is 2.60. The van der Waals surface area contributed by atoms with Crippen molar-refractivity contribution >= 4 is 0 Å². The van der Waals surface area contributed by atoms with Crippen LogP contribution in [0.1, 0.15) is 18.4 Å². The fourth-order valence-electron chi connectivity index (χ4n) is 2.85. The number of benzene rings is 1. The Hall–Kier alpha value is -1.85. The van der Waals surface area contributed by atoms with Crippen LogP contribution in [0, 0.1) is 5.92 Å². The fourth-order valence-corrected chi connectivity index (χ4v) is 2.85. The largest absolute Gasteiger partial charge is 0.497 e. The van der Waals surface area contributed by atoms with Gasteiger partial charge in [0.15, 0.2) is 0 Å². The second-order valence-electron chi connectivity index (χ2n) is 5.72. The van der Waals surface area contributed by atoms with Gasteiger partial charge in [0.2, 0.25) is 0 Å². The van der Waals surface area contributed by atoms with E-state index in [4.69, 9.17) is 9.47 Å². The van der Waals surface area contributed by atoms with E-state index in [0.29, 0.717) is 5.92 Å². The lowest BCUT2D eigenvalue weighted by Crippen LogP contribution is -2.28. The number of rotatable bonds is 6. The first-order valence-corrected chi connectivity index (χ1v) is 7.82. The van der Waals surface area contributed by atoms with E-state index >= 15 is 0 Å². The van der Waals surface area contributed by atoms with Gasteiger partial charge in [-0.2, -0.15) is 5.10 Å². The van der Waals surface area contributed by atoms with Crippen molar-refractivity contribution in [3.8, 4) is 17.0 Å². The van der Waals surface area contributed by atoms with Gasteiger partial charge in [-0.3, -0.25) is 5.10 Å². The molecule has 1 aliphatic heterocycles. The summed E-state index contributed by atoms with van der Waals surface area (Å²) < 4.78 is 10.8. The van der Waals surface area contributed by atoms with Crippen molar-refractivity contribution in [3.05, 3.63) is 36.0 Å². The minimum absolute atomic E-state index is 0.626. The summed E-state index contributed by atoms with van der Waals surface area (Å²) in [5.74, 6) is 1.48. The van der Waals surface area contributed by atoms with Gasteiger partial charge in [-0.1, -0.05) is 12.1 Å². The smallest absolute Gasteiger partial charge is 0.119 e. The molecule has 5 nitrogen and oxygen atoms in total. The van der Waals surface area contributed by atoms with E-state index in [1.165, 1.54) is 18.4 Å². The van der Waals surface area contributed by atoms with Crippen LogP contribution in [0.3, 0.4) is 0 Å². The van der Waals surface area contributed by atoms with Crippen LogP contribution in [0.15, 0.2) is 30.5 Å². The van der Waals surface area contributed by atoms with Crippen molar-refractivity contribution in [2.24, 2.45) is 5.92 Å². The molecule has 1 aromatic carbocycles. The highest BCUT2D eigenvalue weighted by Crippen LogP contribution is 2.25. The van der Waals surface area contributed by atoms with Crippen LogP contribution >= 0.6 is 0 Å². The quantitative estimate of drug-likeness (QED) is 0.861. The van der Waals surface area contributed by atoms with Crippen molar-refractivity contribution in [2.75, 3.05) is 26.9 Å². The molecule has 1 saturated heterocycles. The summed E-state index contributed by atoms with van der Waals surface area (Å²) in [4.78, 5) is 0. The van der Waals surface area contributed by atoms with Gasteiger partial charge in [-0.25, -0.2) is 0 Å². The third-order valence-electron chi connectivity index (χ3n) is 4.08. The lowest BCUT2D eigenvalue weighted by molar-refractivity contribution is 0.0547. The number of nitrogens with zero attached hydrogens (tertiary/aromatic N) is 1. The summed E-state index contributed by atoms with van der Waals surface area (Å²) in [7, 11) is 1.68. The van der Waals surface area contributed by atoms with Crippen LogP contribution in [-0.2, 0) is 11.3 Å². The molecule has 2 N–H and O–H groups in total. The fraction of sp³-hybridized carbons (Fsp3) is 0.471. The highest BCUT2D eigenvalue weighted by Gasteiger charge is 2.14. The Morgan fingerprint density at radius 2 is 2.41 bits per heavy atom. The van der Waals surface area contributed by atoms with Crippen LogP contribution in [0.5, 0.6) is 5.75 Å². The molecule has 0 amide bonds. The molecule has 118 valence electrons. The number of hydrogen-bond donors (Lipinski definition) is 2. The number of methoxy groups -OCH3 is 1. The van der Waals surface area contributed by atoms with E-state index in [2.05, 4.69) is 21.6 Å². The standard InChI is InChI=1S/C17H23N3O2/c1-21-16-6-2-5-14(8-16)17-15(11-19-20-17)10-18-9-13-4-3-7-22-12-13/h2,5-6,8,11,13,18H,3-4,7,9-10,12H2,1H3,(H,19,20). The van der Waals surface area contributed by atoms with Crippen molar-refractivity contribution in [1.29, 1.82) is 0 Å². The molecule has 2 heterocycles. The lowest BCUT2D eigenvalue weighted by atomic mass is 10.0. The van der Waals surface area contributed by atoms with E-state index in [-0.39, 0.29) is 0 Å². The zero-order chi connectivity index (χ0) is 15.2. The maximum Gasteiger partial charge on any atom is 0.119 e. The first kappa shape index (κ1) is 15.1. The summed E-state index contributed by atoms with van der Waals surface area (Å²) >= 11 is 0. The maximum absolute atomic E-state index is 5.52. The molecule has 2 aromatic rings. The molecule has 0 saturated carbocycles. The predicted molar refractivity (Wildman–Crippen MR) is 85.8 cm³/mol. The molecule has 22 heavy (non-hydrogen) atoms. The lowest BCUT2D eigenvalue weighted by Gasteiger charge is -2.22. The summed E-state index contributed by atoms with van der Waals surface area (Å²) in [6, 6.07) is 8.02. The van der Waals surface area contributed by atoms with Gasteiger partial charge >= 0.3 is 0 Å². The van der Waals surface area contributed by atoms with Crippen molar-refractivity contribution in [2.45, 2.75) is 19.4 Å². The monoisotopic (exact) mass is 301 g/mol. The summed E-state index contributed by atoms with van der Waals surface area (Å²) in [6.07, 6.45) is 4.31. The van der Waals surface area contributed by atoms with Crippen LogP contribution in [0.25, 0.3) is 11.3 Å². The maximum atomic E-state index is 5.52. The number of hydrogen-bond acceptors (Lipinski definition) is 4. The van der Waals surface area contributed by atoms with Gasteiger partial charge < -0.3 is 14.8 Å². The van der Waals surface area contributed by atoms with Gasteiger partial charge in [-0.05, 0) is 30.9 Å². The van der Waals surface area contributed by atoms with E-state index in [0.717, 1.165) is 43.3 Å². The second kappa shape index (κ2) is 7.42. The van der Waals surface area contributed by atoms with Crippen LogP contribution in [0.2, 0.25) is 0 Å². The Morgan fingerprint density at radius 1 is 1.45 bits per heavy atom. The van der Waals surface area contributed by atoms with Crippen molar-refractivity contribution in [1.82, 2.24) is 15.5 Å². The molecule has 1 fully saturated rings. The first-order chi connectivity index (χ1) is 10.9. The highest BCUT2D eigenvalue weighted by molar-refractivity contribution is 5.64. The first-order valence-electron chi connectivity index (χ1n) is 7.82. The van der Waals surface area contributed by atoms with E-state index in [9.17, 15) is 0 Å². The van der Waals surface area contributed by atoms with Gasteiger partial charge in [-0.15, -0.1) is 0 Å². The SMILES string of the molecule is COc1cccc(-c2[nH]ncc2CNCC2CCCOC2)c1. The highest BCUT2D eigenvalue weighted by atomic mass is 16.5. The van der Waals surface area contributed by atoms with Crippen molar-refractivity contribution < 1.29 is 9.47 Å². The van der Waals surface area contributed by atoms with E-state index in [1.807, 2.05) is 24.4 Å². The van der Waals surface area contributed by atoms with Crippen molar-refractivity contribution in [3.63, 3.8) is 0 Å². The third-order valence-corrected chi connectivity index (χ3v) is 4.08. The molecule has 1 unspecified atom stereocenters. The number of aromatic nitrogens is 2. The molecule has 0 spiro atoms. The summed E-state index contributed by atoms with van der Waals surface area (Å²) in [5, 5.41) is 10.8. The third kappa shape index (κ3) is 3.67. The minimum atomic E-state index is 0.626. The van der Waals surface area contributed by atoms with Gasteiger partial charge in [0.25, 0.3) is 0 Å². The Labute approximate surface area is 131 Å². The molecular weight excluding hydrogens is 278 g/mol. The van der Waals surface area contributed by atoms with E-state index < -0.39 is 0 Å². The molecule has 1 atom stereocenters. The Bertz CT molecular complexity index is 591. The molecule has 3 rings (SSSR count). The number of ether oxygens (including phenoxy) is 2. The van der Waals surface area contributed by atoms with E-state index in [1.54, 1.807) is 7.11 Å².